The summed E-state index contributed by atoms with van der Waals surface area (Å²) in [7, 11) is -4.28. The van der Waals surface area contributed by atoms with Crippen molar-refractivity contribution in [1.82, 2.24) is 0 Å². The maximum atomic E-state index is 12.6. The van der Waals surface area contributed by atoms with Gasteiger partial charge >= 0.3 is 13.8 Å². The van der Waals surface area contributed by atoms with E-state index in [2.05, 4.69) is 62.5 Å². The Balaban J connectivity index is 4.00. The first-order valence-electron chi connectivity index (χ1n) is 24.1. The van der Waals surface area contributed by atoms with Crippen molar-refractivity contribution in [2.75, 3.05) is 33.0 Å². The summed E-state index contributed by atoms with van der Waals surface area (Å²) in [6.45, 7) is 4.90. The number of allylic oxidation sites excluding steroid dienone is 8. The Labute approximate surface area is 358 Å². The van der Waals surface area contributed by atoms with E-state index in [-0.39, 0.29) is 32.3 Å². The molecule has 0 spiro atoms. The SMILES string of the molecule is CCCCCCC/C=C\C/C=C\C/C=C\CCCCCCCCCCC(=O)OC(COCCCCCCCC/C=C\CCCCCCCC)COP(=O)(O)OCCN. The zero-order valence-electron chi connectivity index (χ0n) is 37.8. The molecule has 9 heteroatoms. The Morgan fingerprint density at radius 1 is 0.517 bits per heavy atom. The first-order chi connectivity index (χ1) is 28.4. The molecule has 0 aromatic carbocycles. The van der Waals surface area contributed by atoms with Gasteiger partial charge in [-0.1, -0.05) is 184 Å². The van der Waals surface area contributed by atoms with Gasteiger partial charge in [-0.2, -0.15) is 0 Å². The zero-order valence-corrected chi connectivity index (χ0v) is 38.7. The summed E-state index contributed by atoms with van der Waals surface area (Å²) < 4.78 is 33.5. The molecule has 0 amide bonds. The van der Waals surface area contributed by atoms with Crippen LogP contribution in [0, 0.1) is 0 Å². The molecule has 0 saturated heterocycles. The molecule has 8 nitrogen and oxygen atoms in total. The minimum atomic E-state index is -4.28. The molecule has 0 saturated carbocycles. The number of hydrogen-bond donors (Lipinski definition) is 2. The molecule has 0 aromatic heterocycles. The first-order valence-corrected chi connectivity index (χ1v) is 25.6. The van der Waals surface area contributed by atoms with Crippen molar-refractivity contribution in [2.45, 2.75) is 225 Å². The standard InChI is InChI=1S/C49H92NO7P/c1-3-5-7-9-11-13-15-17-19-21-22-23-24-25-26-27-28-30-32-34-36-38-40-42-49(51)57-48(47-56-58(52,53)55-45-43-50)46-54-44-41-39-37-35-33-31-29-20-18-16-14-12-10-8-6-4-2/h15,17-18,20-22,24-25,48H,3-14,16,19,23,26-47,50H2,1-2H3,(H,52,53)/b17-15-,20-18-,22-21-,25-24-. The monoisotopic (exact) mass is 838 g/mol. The predicted octanol–water partition coefficient (Wildman–Crippen LogP) is 14.8. The summed E-state index contributed by atoms with van der Waals surface area (Å²) in [5.41, 5.74) is 5.38. The maximum Gasteiger partial charge on any atom is 0.472 e. The fourth-order valence-corrected chi connectivity index (χ4v) is 7.41. The molecule has 2 atom stereocenters. The summed E-state index contributed by atoms with van der Waals surface area (Å²) in [4.78, 5) is 22.5. The smallest absolute Gasteiger partial charge is 0.457 e. The number of rotatable bonds is 46. The van der Waals surface area contributed by atoms with Gasteiger partial charge in [0.1, 0.15) is 6.10 Å². The Bertz CT molecular complexity index is 1030. The van der Waals surface area contributed by atoms with Gasteiger partial charge in [0, 0.05) is 19.6 Å². The van der Waals surface area contributed by atoms with Crippen molar-refractivity contribution in [2.24, 2.45) is 5.73 Å². The average Bonchev–Trinajstić information content (AvgIpc) is 3.21. The molecule has 0 heterocycles. The third-order valence-corrected chi connectivity index (χ3v) is 11.2. The highest BCUT2D eigenvalue weighted by molar-refractivity contribution is 7.47. The lowest BCUT2D eigenvalue weighted by atomic mass is 10.1. The fourth-order valence-electron chi connectivity index (χ4n) is 6.65. The van der Waals surface area contributed by atoms with E-state index < -0.39 is 13.9 Å². The number of carbonyl (C=O) groups excluding carboxylic acids is 1. The number of nitrogens with two attached hydrogens (primary N) is 1. The Morgan fingerprint density at radius 3 is 1.38 bits per heavy atom. The highest BCUT2D eigenvalue weighted by Gasteiger charge is 2.25. The van der Waals surface area contributed by atoms with E-state index in [0.717, 1.165) is 51.4 Å². The van der Waals surface area contributed by atoms with Gasteiger partial charge < -0.3 is 20.1 Å². The van der Waals surface area contributed by atoms with E-state index >= 15 is 0 Å². The second kappa shape index (κ2) is 46.5. The third kappa shape index (κ3) is 45.5. The number of carbonyl (C=O) groups is 1. The van der Waals surface area contributed by atoms with Crippen molar-refractivity contribution in [3.8, 4) is 0 Å². The van der Waals surface area contributed by atoms with Crippen LogP contribution in [0.25, 0.3) is 0 Å². The minimum Gasteiger partial charge on any atom is -0.457 e. The quantitative estimate of drug-likeness (QED) is 0.0269. The van der Waals surface area contributed by atoms with Crippen LogP contribution in [-0.4, -0.2) is 49.9 Å². The van der Waals surface area contributed by atoms with Crippen LogP contribution in [0.5, 0.6) is 0 Å². The molecule has 340 valence electrons. The lowest BCUT2D eigenvalue weighted by Crippen LogP contribution is -2.28. The summed E-state index contributed by atoms with van der Waals surface area (Å²) >= 11 is 0. The Kier molecular flexibility index (Phi) is 45.3. The minimum absolute atomic E-state index is 0.0969. The highest BCUT2D eigenvalue weighted by atomic mass is 31.2. The van der Waals surface area contributed by atoms with E-state index in [9.17, 15) is 14.3 Å². The fraction of sp³-hybridized carbons (Fsp3) is 0.816. The largest absolute Gasteiger partial charge is 0.472 e. The van der Waals surface area contributed by atoms with Gasteiger partial charge in [0.2, 0.25) is 0 Å². The Morgan fingerprint density at radius 2 is 0.914 bits per heavy atom. The molecular weight excluding hydrogens is 746 g/mol. The van der Waals surface area contributed by atoms with Crippen LogP contribution in [0.1, 0.15) is 219 Å². The molecule has 0 radical (unpaired) electrons. The van der Waals surface area contributed by atoms with Crippen molar-refractivity contribution in [1.29, 1.82) is 0 Å². The second-order valence-electron chi connectivity index (χ2n) is 16.0. The number of ether oxygens (including phenoxy) is 2. The summed E-state index contributed by atoms with van der Waals surface area (Å²) in [6, 6.07) is 0. The van der Waals surface area contributed by atoms with Crippen molar-refractivity contribution in [3.05, 3.63) is 48.6 Å². The van der Waals surface area contributed by atoms with Crippen molar-refractivity contribution in [3.63, 3.8) is 0 Å². The van der Waals surface area contributed by atoms with Crippen LogP contribution < -0.4 is 5.73 Å². The van der Waals surface area contributed by atoms with Crippen LogP contribution >= 0.6 is 7.82 Å². The molecule has 0 aliphatic carbocycles. The predicted molar refractivity (Wildman–Crippen MR) is 247 cm³/mol. The highest BCUT2D eigenvalue weighted by Crippen LogP contribution is 2.43. The second-order valence-corrected chi connectivity index (χ2v) is 17.4. The van der Waals surface area contributed by atoms with Crippen LogP contribution in [0.3, 0.4) is 0 Å². The third-order valence-electron chi connectivity index (χ3n) is 10.2. The van der Waals surface area contributed by atoms with Crippen LogP contribution in [0.4, 0.5) is 0 Å². The molecule has 0 aromatic rings. The molecule has 0 rings (SSSR count). The first kappa shape index (κ1) is 56.5. The van der Waals surface area contributed by atoms with E-state index in [1.165, 1.54) is 148 Å². The van der Waals surface area contributed by atoms with E-state index in [1.807, 2.05) is 0 Å². The van der Waals surface area contributed by atoms with Gasteiger partial charge in [-0.05, 0) is 77.0 Å². The number of unbranched alkanes of at least 4 members (excludes halogenated alkanes) is 25. The summed E-state index contributed by atoms with van der Waals surface area (Å²) in [5, 5.41) is 0. The molecule has 0 aliphatic heterocycles. The number of hydrogen-bond acceptors (Lipinski definition) is 7. The van der Waals surface area contributed by atoms with Gasteiger partial charge in [0.05, 0.1) is 19.8 Å². The van der Waals surface area contributed by atoms with E-state index in [4.69, 9.17) is 24.3 Å². The number of esters is 1. The molecular formula is C49H92NO7P. The van der Waals surface area contributed by atoms with Gasteiger partial charge in [0.15, 0.2) is 0 Å². The van der Waals surface area contributed by atoms with Gasteiger partial charge in [-0.3, -0.25) is 13.8 Å². The van der Waals surface area contributed by atoms with E-state index in [0.29, 0.717) is 13.0 Å². The summed E-state index contributed by atoms with van der Waals surface area (Å²) in [6.07, 6.45) is 55.6. The molecule has 58 heavy (non-hydrogen) atoms. The van der Waals surface area contributed by atoms with Gasteiger partial charge in [-0.25, -0.2) is 4.57 Å². The van der Waals surface area contributed by atoms with E-state index in [1.54, 1.807) is 0 Å². The molecule has 0 aliphatic rings. The van der Waals surface area contributed by atoms with Crippen LogP contribution in [-0.2, 0) is 27.9 Å². The number of phosphoric ester groups is 1. The molecule has 2 unspecified atom stereocenters. The van der Waals surface area contributed by atoms with Crippen LogP contribution in [0.2, 0.25) is 0 Å². The Hall–Kier alpha value is -1.54. The summed E-state index contributed by atoms with van der Waals surface area (Å²) in [5.74, 6) is -0.339. The molecule has 0 bridgehead atoms. The van der Waals surface area contributed by atoms with Gasteiger partial charge in [-0.15, -0.1) is 0 Å². The van der Waals surface area contributed by atoms with Crippen molar-refractivity contribution >= 4 is 13.8 Å². The normalized spacial score (nSPS) is 13.8. The van der Waals surface area contributed by atoms with Gasteiger partial charge in [0.25, 0.3) is 0 Å². The average molecular weight is 838 g/mol. The topological polar surface area (TPSA) is 117 Å². The van der Waals surface area contributed by atoms with Crippen molar-refractivity contribution < 1.29 is 32.8 Å². The number of phosphoric acid groups is 1. The maximum absolute atomic E-state index is 12.6. The zero-order chi connectivity index (χ0) is 42.3. The molecule has 0 fully saturated rings. The lowest BCUT2D eigenvalue weighted by Gasteiger charge is -2.20. The van der Waals surface area contributed by atoms with Crippen LogP contribution in [0.15, 0.2) is 48.6 Å². The lowest BCUT2D eigenvalue weighted by molar-refractivity contribution is -0.154. The molecule has 3 N–H and O–H groups in total.